The molecule has 0 bridgehead atoms. The van der Waals surface area contributed by atoms with Crippen molar-refractivity contribution in [1.29, 1.82) is 0 Å². The number of carbonyl (C=O) groups is 1. The summed E-state index contributed by atoms with van der Waals surface area (Å²) in [5.41, 5.74) is 3.42. The Morgan fingerprint density at radius 2 is 2.12 bits per heavy atom. The number of aromatic amines is 1. The molecular formula is C18H21ClN2O3S. The average Bonchev–Trinajstić information content (AvgIpc) is 3.12. The van der Waals surface area contributed by atoms with Crippen molar-refractivity contribution < 1.29 is 13.2 Å². The second kappa shape index (κ2) is 6.02. The average molecular weight is 381 g/mol. The summed E-state index contributed by atoms with van der Waals surface area (Å²) in [6.07, 6.45) is 2.84. The van der Waals surface area contributed by atoms with Crippen molar-refractivity contribution in [2.24, 2.45) is 5.92 Å². The number of benzene rings is 1. The molecule has 1 aliphatic carbocycles. The van der Waals surface area contributed by atoms with E-state index in [0.717, 1.165) is 23.7 Å². The van der Waals surface area contributed by atoms with Crippen LogP contribution in [-0.2, 0) is 27.5 Å². The number of aryl methyl sites for hydroxylation is 1. The second-order valence-corrected chi connectivity index (χ2v) is 9.88. The summed E-state index contributed by atoms with van der Waals surface area (Å²) in [5.74, 6) is 0.240. The summed E-state index contributed by atoms with van der Waals surface area (Å²) in [5, 5.41) is 1.78. The highest BCUT2D eigenvalue weighted by molar-refractivity contribution is 7.91. The molecule has 1 saturated heterocycles. The van der Waals surface area contributed by atoms with Crippen LogP contribution in [-0.4, -0.2) is 48.8 Å². The predicted molar refractivity (Wildman–Crippen MR) is 98.7 cm³/mol. The molecule has 2 aromatic rings. The number of aromatic nitrogens is 1. The molecule has 1 fully saturated rings. The van der Waals surface area contributed by atoms with Gasteiger partial charge in [0.05, 0.1) is 11.5 Å². The fourth-order valence-electron chi connectivity index (χ4n) is 4.15. The Morgan fingerprint density at radius 1 is 1.32 bits per heavy atom. The van der Waals surface area contributed by atoms with Gasteiger partial charge in [0.1, 0.15) is 0 Å². The number of nitrogens with zero attached hydrogens (tertiary/aromatic N) is 1. The maximum absolute atomic E-state index is 12.9. The topological polar surface area (TPSA) is 70.2 Å². The Labute approximate surface area is 152 Å². The van der Waals surface area contributed by atoms with E-state index in [2.05, 4.69) is 4.98 Å². The highest BCUT2D eigenvalue weighted by Gasteiger charge is 2.36. The Kier molecular flexibility index (Phi) is 4.07. The first-order chi connectivity index (χ1) is 11.8. The van der Waals surface area contributed by atoms with Crippen molar-refractivity contribution in [1.82, 2.24) is 9.88 Å². The zero-order valence-electron chi connectivity index (χ0n) is 14.1. The van der Waals surface area contributed by atoms with E-state index in [9.17, 15) is 13.2 Å². The minimum Gasteiger partial charge on any atom is -0.358 e. The number of hydrogen-bond donors (Lipinski definition) is 1. The maximum atomic E-state index is 12.9. The van der Waals surface area contributed by atoms with Gasteiger partial charge < -0.3 is 9.88 Å². The van der Waals surface area contributed by atoms with Crippen molar-refractivity contribution in [2.75, 3.05) is 18.6 Å². The molecule has 4 rings (SSSR count). The summed E-state index contributed by atoms with van der Waals surface area (Å²) < 4.78 is 23.4. The number of H-pyrrole nitrogens is 1. The first-order valence-corrected chi connectivity index (χ1v) is 10.8. The van der Waals surface area contributed by atoms with Gasteiger partial charge in [0.15, 0.2) is 9.84 Å². The Hall–Kier alpha value is -1.53. The fourth-order valence-corrected chi connectivity index (χ4v) is 6.10. The van der Waals surface area contributed by atoms with E-state index in [1.807, 2.05) is 18.2 Å². The highest BCUT2D eigenvalue weighted by Crippen LogP contribution is 2.34. The summed E-state index contributed by atoms with van der Waals surface area (Å²) >= 11 is 6.13. The molecule has 1 aromatic heterocycles. The normalized spacial score (nSPS) is 25.0. The van der Waals surface area contributed by atoms with Crippen LogP contribution in [0.2, 0.25) is 5.02 Å². The number of amides is 1. The molecule has 0 radical (unpaired) electrons. The van der Waals surface area contributed by atoms with E-state index in [1.54, 1.807) is 11.9 Å². The number of carbonyl (C=O) groups excluding carboxylic acids is 1. The lowest BCUT2D eigenvalue weighted by atomic mass is 9.85. The smallest absolute Gasteiger partial charge is 0.226 e. The van der Waals surface area contributed by atoms with Gasteiger partial charge in [0.2, 0.25) is 5.91 Å². The monoisotopic (exact) mass is 380 g/mol. The first-order valence-electron chi connectivity index (χ1n) is 8.60. The Morgan fingerprint density at radius 3 is 2.84 bits per heavy atom. The molecule has 1 aliphatic heterocycles. The standard InChI is InChI=1S/C18H21ClN2O3S/c1-21(13-6-7-25(23,24)10-13)18(22)11-2-4-16-14(8-11)15-9-12(19)3-5-17(15)20-16/h3,5,9,11,13,20H,2,4,6-8,10H2,1H3. The number of rotatable bonds is 2. The lowest BCUT2D eigenvalue weighted by Gasteiger charge is -2.30. The zero-order chi connectivity index (χ0) is 17.8. The van der Waals surface area contributed by atoms with Gasteiger partial charge in [-0.2, -0.15) is 0 Å². The van der Waals surface area contributed by atoms with Crippen LogP contribution in [0.1, 0.15) is 24.1 Å². The van der Waals surface area contributed by atoms with Crippen LogP contribution in [0.15, 0.2) is 18.2 Å². The van der Waals surface area contributed by atoms with E-state index in [-0.39, 0.29) is 29.4 Å². The van der Waals surface area contributed by atoms with Gasteiger partial charge in [0.25, 0.3) is 0 Å². The van der Waals surface area contributed by atoms with E-state index in [0.29, 0.717) is 17.9 Å². The maximum Gasteiger partial charge on any atom is 0.226 e. The molecule has 25 heavy (non-hydrogen) atoms. The van der Waals surface area contributed by atoms with Gasteiger partial charge in [-0.25, -0.2) is 8.42 Å². The number of halogens is 1. The van der Waals surface area contributed by atoms with Gasteiger partial charge in [-0.15, -0.1) is 0 Å². The van der Waals surface area contributed by atoms with Crippen LogP contribution < -0.4 is 0 Å². The van der Waals surface area contributed by atoms with Crippen LogP contribution in [0.25, 0.3) is 10.9 Å². The van der Waals surface area contributed by atoms with Crippen LogP contribution in [0.5, 0.6) is 0 Å². The molecular weight excluding hydrogens is 360 g/mol. The van der Waals surface area contributed by atoms with Gasteiger partial charge >= 0.3 is 0 Å². The lowest BCUT2D eigenvalue weighted by Crippen LogP contribution is -2.42. The molecule has 0 saturated carbocycles. The third-order valence-corrected chi connectivity index (χ3v) is 7.59. The number of nitrogens with one attached hydrogen (secondary N) is 1. The van der Waals surface area contributed by atoms with Gasteiger partial charge in [-0.3, -0.25) is 4.79 Å². The van der Waals surface area contributed by atoms with Crippen molar-refractivity contribution in [3.05, 3.63) is 34.5 Å². The first kappa shape index (κ1) is 16.9. The van der Waals surface area contributed by atoms with Crippen LogP contribution in [0, 0.1) is 5.92 Å². The van der Waals surface area contributed by atoms with Crippen LogP contribution >= 0.6 is 11.6 Å². The molecule has 5 nitrogen and oxygen atoms in total. The third-order valence-electron chi connectivity index (χ3n) is 5.60. The van der Waals surface area contributed by atoms with Crippen molar-refractivity contribution in [3.8, 4) is 0 Å². The van der Waals surface area contributed by atoms with Gasteiger partial charge in [-0.1, -0.05) is 11.6 Å². The number of hydrogen-bond acceptors (Lipinski definition) is 3. The van der Waals surface area contributed by atoms with E-state index in [1.165, 1.54) is 11.3 Å². The molecule has 0 spiro atoms. The highest BCUT2D eigenvalue weighted by atomic mass is 35.5. The third kappa shape index (κ3) is 3.06. The van der Waals surface area contributed by atoms with Crippen LogP contribution in [0.3, 0.4) is 0 Å². The van der Waals surface area contributed by atoms with E-state index < -0.39 is 9.84 Å². The van der Waals surface area contributed by atoms with Crippen molar-refractivity contribution >= 4 is 38.2 Å². The van der Waals surface area contributed by atoms with E-state index in [4.69, 9.17) is 11.6 Å². The van der Waals surface area contributed by atoms with Crippen LogP contribution in [0.4, 0.5) is 0 Å². The number of fused-ring (bicyclic) bond motifs is 3. The second-order valence-electron chi connectivity index (χ2n) is 7.22. The Bertz CT molecular complexity index is 951. The largest absolute Gasteiger partial charge is 0.358 e. The van der Waals surface area contributed by atoms with Crippen molar-refractivity contribution in [3.63, 3.8) is 0 Å². The molecule has 1 aromatic carbocycles. The van der Waals surface area contributed by atoms with Crippen molar-refractivity contribution in [2.45, 2.75) is 31.7 Å². The quantitative estimate of drug-likeness (QED) is 0.870. The summed E-state index contributed by atoms with van der Waals surface area (Å²) in [6, 6.07) is 5.61. The summed E-state index contributed by atoms with van der Waals surface area (Å²) in [7, 11) is -1.25. The van der Waals surface area contributed by atoms with Gasteiger partial charge in [-0.05, 0) is 49.4 Å². The summed E-state index contributed by atoms with van der Waals surface area (Å²) in [6.45, 7) is 0. The predicted octanol–water partition coefficient (Wildman–Crippen LogP) is 2.57. The number of sulfone groups is 1. The van der Waals surface area contributed by atoms with Gasteiger partial charge in [0, 0.05) is 40.6 Å². The lowest BCUT2D eigenvalue weighted by molar-refractivity contribution is -0.136. The summed E-state index contributed by atoms with van der Waals surface area (Å²) in [4.78, 5) is 18.0. The molecule has 7 heteroatoms. The molecule has 134 valence electrons. The fraction of sp³-hybridized carbons (Fsp3) is 0.500. The molecule has 1 amide bonds. The molecule has 1 N–H and O–H groups in total. The molecule has 2 heterocycles. The minimum absolute atomic E-state index is 0.0594. The minimum atomic E-state index is -2.99. The molecule has 2 unspecified atom stereocenters. The molecule has 2 aliphatic rings. The van der Waals surface area contributed by atoms with E-state index >= 15 is 0 Å². The SMILES string of the molecule is CN(C(=O)C1CCc2[nH]c3ccc(Cl)cc3c2C1)C1CCS(=O)(=O)C1. The zero-order valence-corrected chi connectivity index (χ0v) is 15.7. The Balaban J connectivity index is 1.56. The molecule has 2 atom stereocenters.